The van der Waals surface area contributed by atoms with Crippen LogP contribution in [0, 0.1) is 5.82 Å². The summed E-state index contributed by atoms with van der Waals surface area (Å²) in [6.45, 7) is 0.336. The van der Waals surface area contributed by atoms with E-state index >= 15 is 0 Å². The van der Waals surface area contributed by atoms with Crippen LogP contribution in [0.5, 0.6) is 5.75 Å². The molecule has 0 radical (unpaired) electrons. The second kappa shape index (κ2) is 8.70. The second-order valence-corrected chi connectivity index (χ2v) is 7.35. The average molecular weight is 484 g/mol. The molecule has 3 aromatic rings. The monoisotopic (exact) mass is 483 g/mol. The SMILES string of the molecule is O=C1CN(C(=O)c2cc(-c3cc(F)cc(OC(F)(F)F)c3)n(-c3ccnc(Cl)c3)n2)CCN1. The Labute approximate surface area is 188 Å². The first-order valence-corrected chi connectivity index (χ1v) is 9.81. The molecule has 8 nitrogen and oxygen atoms in total. The van der Waals surface area contributed by atoms with E-state index in [1.165, 1.54) is 34.0 Å². The molecule has 1 N–H and O–H groups in total. The smallest absolute Gasteiger partial charge is 0.406 e. The molecule has 0 aliphatic carbocycles. The summed E-state index contributed by atoms with van der Waals surface area (Å²) in [4.78, 5) is 29.7. The summed E-state index contributed by atoms with van der Waals surface area (Å²) < 4.78 is 57.3. The summed E-state index contributed by atoms with van der Waals surface area (Å²) in [5.41, 5.74) is 0.275. The number of hydrogen-bond acceptors (Lipinski definition) is 5. The highest BCUT2D eigenvalue weighted by Crippen LogP contribution is 2.31. The molecule has 13 heteroatoms. The van der Waals surface area contributed by atoms with E-state index in [1.807, 2.05) is 0 Å². The molecule has 1 aromatic carbocycles. The molecule has 4 rings (SSSR count). The van der Waals surface area contributed by atoms with Crippen LogP contribution in [0.3, 0.4) is 0 Å². The molecular weight excluding hydrogens is 470 g/mol. The molecule has 0 bridgehead atoms. The predicted octanol–water partition coefficient (Wildman–Crippen LogP) is 3.20. The van der Waals surface area contributed by atoms with Crippen LogP contribution in [0.15, 0.2) is 42.6 Å². The van der Waals surface area contributed by atoms with Crippen molar-refractivity contribution < 1.29 is 31.9 Å². The van der Waals surface area contributed by atoms with Crippen LogP contribution in [0.1, 0.15) is 10.5 Å². The van der Waals surface area contributed by atoms with Crippen LogP contribution >= 0.6 is 11.6 Å². The molecule has 0 atom stereocenters. The van der Waals surface area contributed by atoms with Crippen molar-refractivity contribution in [2.45, 2.75) is 6.36 Å². The van der Waals surface area contributed by atoms with E-state index in [1.54, 1.807) is 0 Å². The van der Waals surface area contributed by atoms with Gasteiger partial charge in [0.2, 0.25) is 5.91 Å². The van der Waals surface area contributed by atoms with Crippen LogP contribution in [-0.2, 0) is 4.79 Å². The minimum Gasteiger partial charge on any atom is -0.406 e. The summed E-state index contributed by atoms with van der Waals surface area (Å²) in [7, 11) is 0. The number of carbonyl (C=O) groups excluding carboxylic acids is 2. The molecule has 1 saturated heterocycles. The maximum Gasteiger partial charge on any atom is 0.573 e. The van der Waals surface area contributed by atoms with Crippen molar-refractivity contribution in [1.82, 2.24) is 25.0 Å². The topological polar surface area (TPSA) is 89.4 Å². The van der Waals surface area contributed by atoms with Crippen LogP contribution in [0.2, 0.25) is 5.15 Å². The predicted molar refractivity (Wildman–Crippen MR) is 107 cm³/mol. The number of ether oxygens (including phenoxy) is 1. The molecule has 0 spiro atoms. The summed E-state index contributed by atoms with van der Waals surface area (Å²) in [5, 5.41) is 6.94. The number of halogens is 5. The number of nitrogens with zero attached hydrogens (tertiary/aromatic N) is 4. The zero-order valence-corrected chi connectivity index (χ0v) is 17.3. The Morgan fingerprint density at radius 2 is 1.97 bits per heavy atom. The van der Waals surface area contributed by atoms with Crippen LogP contribution < -0.4 is 10.1 Å². The number of pyridine rings is 1. The third kappa shape index (κ3) is 5.22. The third-order valence-corrected chi connectivity index (χ3v) is 4.82. The Morgan fingerprint density at radius 1 is 1.18 bits per heavy atom. The van der Waals surface area contributed by atoms with E-state index in [9.17, 15) is 27.2 Å². The zero-order valence-electron chi connectivity index (χ0n) is 16.6. The van der Waals surface area contributed by atoms with E-state index in [4.69, 9.17) is 11.6 Å². The van der Waals surface area contributed by atoms with Crippen molar-refractivity contribution in [2.24, 2.45) is 0 Å². The summed E-state index contributed by atoms with van der Waals surface area (Å²) >= 11 is 5.95. The van der Waals surface area contributed by atoms with E-state index in [2.05, 4.69) is 20.1 Å². The Morgan fingerprint density at radius 3 is 2.67 bits per heavy atom. The van der Waals surface area contributed by atoms with Crippen LogP contribution in [0.4, 0.5) is 17.6 Å². The Kier molecular flexibility index (Phi) is 5.93. The molecule has 2 amide bonds. The minimum absolute atomic E-state index is 0.0369. The molecule has 33 heavy (non-hydrogen) atoms. The number of nitrogens with one attached hydrogen (secondary N) is 1. The molecule has 1 aliphatic rings. The fraction of sp³-hybridized carbons (Fsp3) is 0.200. The number of benzene rings is 1. The fourth-order valence-corrected chi connectivity index (χ4v) is 3.46. The number of piperazine rings is 1. The minimum atomic E-state index is -5.03. The molecule has 1 fully saturated rings. The maximum absolute atomic E-state index is 14.2. The Balaban J connectivity index is 1.81. The standard InChI is InChI=1S/C20H14ClF4N5O3/c21-17-8-13(1-2-26-17)30-16(11-5-12(22)7-14(6-11)33-20(23,24)25)9-15(28-30)19(32)29-4-3-27-18(31)10-29/h1-2,5-9H,3-4,10H2,(H,27,31). The van der Waals surface area contributed by atoms with Crippen molar-refractivity contribution in [2.75, 3.05) is 19.6 Å². The second-order valence-electron chi connectivity index (χ2n) is 6.96. The molecule has 2 aromatic heterocycles. The van der Waals surface area contributed by atoms with Gasteiger partial charge >= 0.3 is 6.36 Å². The Bertz CT molecular complexity index is 1230. The molecule has 0 saturated carbocycles. The highest BCUT2D eigenvalue weighted by molar-refractivity contribution is 6.29. The van der Waals surface area contributed by atoms with Gasteiger partial charge in [-0.2, -0.15) is 5.10 Å². The van der Waals surface area contributed by atoms with Crippen molar-refractivity contribution in [1.29, 1.82) is 0 Å². The molecule has 1 aliphatic heterocycles. The first-order valence-electron chi connectivity index (χ1n) is 9.44. The summed E-state index contributed by atoms with van der Waals surface area (Å²) in [6, 6.07) is 6.72. The largest absolute Gasteiger partial charge is 0.573 e. The number of alkyl halides is 3. The lowest BCUT2D eigenvalue weighted by atomic mass is 10.1. The van der Waals surface area contributed by atoms with Crippen LogP contribution in [-0.4, -0.2) is 57.5 Å². The molecule has 0 unspecified atom stereocenters. The van der Waals surface area contributed by atoms with Gasteiger partial charge in [-0.05, 0) is 24.3 Å². The van der Waals surface area contributed by atoms with Gasteiger partial charge in [0.05, 0.1) is 17.9 Å². The molecule has 172 valence electrons. The van der Waals surface area contributed by atoms with Gasteiger partial charge in [0.1, 0.15) is 16.7 Å². The first-order chi connectivity index (χ1) is 15.6. The van der Waals surface area contributed by atoms with Gasteiger partial charge in [-0.3, -0.25) is 9.59 Å². The van der Waals surface area contributed by atoms with Gasteiger partial charge in [-0.1, -0.05) is 11.6 Å². The number of aromatic nitrogens is 3. The van der Waals surface area contributed by atoms with Crippen molar-refractivity contribution in [3.05, 3.63) is 59.3 Å². The number of amides is 2. The first kappa shape index (κ1) is 22.5. The summed E-state index contributed by atoms with van der Waals surface area (Å²) in [5.74, 6) is -2.69. The van der Waals surface area contributed by atoms with Crippen molar-refractivity contribution in [3.8, 4) is 22.7 Å². The molecular formula is C20H14ClF4N5O3. The summed E-state index contributed by atoms with van der Waals surface area (Å²) in [6.07, 6.45) is -3.66. The number of rotatable bonds is 4. The van der Waals surface area contributed by atoms with E-state index in [0.29, 0.717) is 11.8 Å². The molecule has 3 heterocycles. The highest BCUT2D eigenvalue weighted by atomic mass is 35.5. The van der Waals surface area contributed by atoms with Crippen molar-refractivity contribution in [3.63, 3.8) is 0 Å². The lowest BCUT2D eigenvalue weighted by Crippen LogP contribution is -2.50. The van der Waals surface area contributed by atoms with Gasteiger partial charge in [0.15, 0.2) is 5.69 Å². The van der Waals surface area contributed by atoms with E-state index < -0.39 is 23.8 Å². The number of hydrogen-bond donors (Lipinski definition) is 1. The highest BCUT2D eigenvalue weighted by Gasteiger charge is 2.32. The van der Waals surface area contributed by atoms with E-state index in [0.717, 1.165) is 12.1 Å². The normalized spacial score (nSPS) is 14.2. The fourth-order valence-electron chi connectivity index (χ4n) is 3.29. The quantitative estimate of drug-likeness (QED) is 0.455. The maximum atomic E-state index is 14.2. The van der Waals surface area contributed by atoms with Gasteiger partial charge in [-0.25, -0.2) is 14.1 Å². The lowest BCUT2D eigenvalue weighted by Gasteiger charge is -2.25. The third-order valence-electron chi connectivity index (χ3n) is 4.61. The number of carbonyl (C=O) groups is 2. The van der Waals surface area contributed by atoms with Crippen LogP contribution in [0.25, 0.3) is 16.9 Å². The lowest BCUT2D eigenvalue weighted by molar-refractivity contribution is -0.274. The average Bonchev–Trinajstić information content (AvgIpc) is 3.17. The van der Waals surface area contributed by atoms with Gasteiger partial charge < -0.3 is 15.0 Å². The van der Waals surface area contributed by atoms with Gasteiger partial charge in [0.25, 0.3) is 5.91 Å². The van der Waals surface area contributed by atoms with Crippen molar-refractivity contribution >= 4 is 23.4 Å². The van der Waals surface area contributed by atoms with Gasteiger partial charge in [0, 0.05) is 37.0 Å². The zero-order chi connectivity index (χ0) is 23.8. The Hall–Kier alpha value is -3.67. The van der Waals surface area contributed by atoms with E-state index in [-0.39, 0.29) is 47.6 Å². The van der Waals surface area contributed by atoms with Gasteiger partial charge in [-0.15, -0.1) is 13.2 Å².